The van der Waals surface area contributed by atoms with Gasteiger partial charge in [0.1, 0.15) is 5.82 Å². The topological polar surface area (TPSA) is 56.7 Å². The number of aryl methyl sites for hydroxylation is 1. The van der Waals surface area contributed by atoms with Crippen LogP contribution in [0.15, 0.2) is 23.2 Å². The van der Waals surface area contributed by atoms with E-state index in [1.54, 1.807) is 26.1 Å². The molecule has 1 aromatic carbocycles. The van der Waals surface area contributed by atoms with E-state index >= 15 is 0 Å². The fourth-order valence-electron chi connectivity index (χ4n) is 2.90. The molecular formula is C18H27FN4O. The van der Waals surface area contributed by atoms with E-state index in [9.17, 15) is 9.18 Å². The van der Waals surface area contributed by atoms with Gasteiger partial charge in [-0.15, -0.1) is 0 Å². The van der Waals surface area contributed by atoms with E-state index in [0.717, 1.165) is 19.0 Å². The summed E-state index contributed by atoms with van der Waals surface area (Å²) in [5.41, 5.74) is 0.875. The van der Waals surface area contributed by atoms with E-state index in [4.69, 9.17) is 0 Å². The molecule has 1 aliphatic rings. The van der Waals surface area contributed by atoms with E-state index < -0.39 is 0 Å². The molecule has 24 heavy (non-hydrogen) atoms. The van der Waals surface area contributed by atoms with Crippen LogP contribution in [-0.4, -0.2) is 50.0 Å². The number of aliphatic imine (C=N–C) groups is 1. The van der Waals surface area contributed by atoms with Crippen LogP contribution in [0.1, 0.15) is 35.7 Å². The number of likely N-dealkylation sites (tertiary alicyclic amines) is 1. The van der Waals surface area contributed by atoms with Crippen molar-refractivity contribution in [2.75, 3.05) is 33.2 Å². The van der Waals surface area contributed by atoms with Crippen LogP contribution in [0, 0.1) is 18.7 Å². The van der Waals surface area contributed by atoms with Crippen LogP contribution in [0.2, 0.25) is 0 Å². The highest BCUT2D eigenvalue weighted by Gasteiger charge is 2.18. The first-order valence-corrected chi connectivity index (χ1v) is 8.51. The zero-order chi connectivity index (χ0) is 17.5. The number of guanidine groups is 1. The molecule has 0 aromatic heterocycles. The Morgan fingerprint density at radius 2 is 2.12 bits per heavy atom. The fraction of sp³-hybridized carbons (Fsp3) is 0.556. The molecule has 2 N–H and O–H groups in total. The molecule has 0 spiro atoms. The number of carbonyl (C=O) groups excluding carboxylic acids is 1. The van der Waals surface area contributed by atoms with Gasteiger partial charge in [-0.05, 0) is 43.4 Å². The maximum atomic E-state index is 13.5. The molecule has 1 unspecified atom stereocenters. The Kier molecular flexibility index (Phi) is 6.58. The third-order valence-electron chi connectivity index (χ3n) is 4.30. The van der Waals surface area contributed by atoms with Crippen LogP contribution in [-0.2, 0) is 0 Å². The number of hydrogen-bond donors (Lipinski definition) is 2. The van der Waals surface area contributed by atoms with Gasteiger partial charge >= 0.3 is 0 Å². The van der Waals surface area contributed by atoms with Gasteiger partial charge in [0.2, 0.25) is 0 Å². The fourth-order valence-corrected chi connectivity index (χ4v) is 2.90. The minimum atomic E-state index is -0.361. The zero-order valence-electron chi connectivity index (χ0n) is 14.7. The highest BCUT2D eigenvalue weighted by Crippen LogP contribution is 2.15. The standard InChI is InChI=1S/C18H27FN4O/c1-13-5-4-10-23(12-13)18(20-3)22-9-8-21-17(24)15-7-6-14(2)16(19)11-15/h6-7,11,13H,4-5,8-10,12H2,1-3H3,(H,20,22)(H,21,24). The molecule has 1 amide bonds. The second-order valence-corrected chi connectivity index (χ2v) is 6.39. The van der Waals surface area contributed by atoms with Crippen LogP contribution in [0.25, 0.3) is 0 Å². The molecule has 1 fully saturated rings. The molecule has 1 saturated heterocycles. The Hall–Kier alpha value is -2.11. The van der Waals surface area contributed by atoms with E-state index in [0.29, 0.717) is 30.1 Å². The molecule has 132 valence electrons. The summed E-state index contributed by atoms with van der Waals surface area (Å²) < 4.78 is 13.5. The normalized spacial score (nSPS) is 18.4. The number of halogens is 1. The van der Waals surface area contributed by atoms with Crippen LogP contribution in [0.3, 0.4) is 0 Å². The molecule has 0 aliphatic carbocycles. The quantitative estimate of drug-likeness (QED) is 0.504. The highest BCUT2D eigenvalue weighted by molar-refractivity contribution is 5.94. The summed E-state index contributed by atoms with van der Waals surface area (Å²) in [5.74, 6) is 0.920. The monoisotopic (exact) mass is 334 g/mol. The Morgan fingerprint density at radius 1 is 1.38 bits per heavy atom. The van der Waals surface area contributed by atoms with Gasteiger partial charge < -0.3 is 15.5 Å². The van der Waals surface area contributed by atoms with Gasteiger partial charge in [-0.2, -0.15) is 0 Å². The van der Waals surface area contributed by atoms with Crippen molar-refractivity contribution in [1.29, 1.82) is 0 Å². The molecule has 0 radical (unpaired) electrons. The van der Waals surface area contributed by atoms with E-state index in [-0.39, 0.29) is 11.7 Å². The van der Waals surface area contributed by atoms with Crippen molar-refractivity contribution >= 4 is 11.9 Å². The van der Waals surface area contributed by atoms with Crippen LogP contribution in [0.4, 0.5) is 4.39 Å². The molecule has 1 aromatic rings. The highest BCUT2D eigenvalue weighted by atomic mass is 19.1. The van der Waals surface area contributed by atoms with E-state index in [1.165, 1.54) is 18.9 Å². The average molecular weight is 334 g/mol. The Labute approximate surface area is 143 Å². The summed E-state index contributed by atoms with van der Waals surface area (Å²) in [5, 5.41) is 6.07. The van der Waals surface area contributed by atoms with Crippen molar-refractivity contribution in [2.45, 2.75) is 26.7 Å². The lowest BCUT2D eigenvalue weighted by Crippen LogP contribution is -2.47. The number of hydrogen-bond acceptors (Lipinski definition) is 2. The largest absolute Gasteiger partial charge is 0.354 e. The summed E-state index contributed by atoms with van der Waals surface area (Å²) in [7, 11) is 1.77. The molecule has 0 saturated carbocycles. The van der Waals surface area contributed by atoms with Gasteiger partial charge in [-0.25, -0.2) is 4.39 Å². The summed E-state index contributed by atoms with van der Waals surface area (Å²) in [6, 6.07) is 4.52. The lowest BCUT2D eigenvalue weighted by atomic mass is 10.0. The first kappa shape index (κ1) is 18.2. The van der Waals surface area contributed by atoms with Gasteiger partial charge in [0.05, 0.1) is 0 Å². The summed E-state index contributed by atoms with van der Waals surface area (Å²) >= 11 is 0. The molecule has 1 heterocycles. The van der Waals surface area contributed by atoms with Crippen molar-refractivity contribution in [2.24, 2.45) is 10.9 Å². The third-order valence-corrected chi connectivity index (χ3v) is 4.30. The van der Waals surface area contributed by atoms with Gasteiger partial charge in [-0.1, -0.05) is 13.0 Å². The molecular weight excluding hydrogens is 307 g/mol. The zero-order valence-corrected chi connectivity index (χ0v) is 14.7. The van der Waals surface area contributed by atoms with Gasteiger partial charge in [0, 0.05) is 38.8 Å². The van der Waals surface area contributed by atoms with Crippen LogP contribution < -0.4 is 10.6 Å². The molecule has 0 bridgehead atoms. The smallest absolute Gasteiger partial charge is 0.251 e. The summed E-state index contributed by atoms with van der Waals surface area (Å²) in [4.78, 5) is 18.6. The predicted molar refractivity (Wildman–Crippen MR) is 94.8 cm³/mol. The maximum Gasteiger partial charge on any atom is 0.251 e. The summed E-state index contributed by atoms with van der Waals surface area (Å²) in [6.07, 6.45) is 2.44. The van der Waals surface area contributed by atoms with Crippen molar-refractivity contribution < 1.29 is 9.18 Å². The molecule has 5 nitrogen and oxygen atoms in total. The minimum Gasteiger partial charge on any atom is -0.354 e. The maximum absolute atomic E-state index is 13.5. The van der Waals surface area contributed by atoms with Crippen molar-refractivity contribution in [3.8, 4) is 0 Å². The van der Waals surface area contributed by atoms with E-state index in [1.807, 2.05) is 0 Å². The van der Waals surface area contributed by atoms with Crippen molar-refractivity contribution in [1.82, 2.24) is 15.5 Å². The summed E-state index contributed by atoms with van der Waals surface area (Å²) in [6.45, 7) is 6.98. The van der Waals surface area contributed by atoms with Gasteiger partial charge in [-0.3, -0.25) is 9.79 Å². The second kappa shape index (κ2) is 8.66. The van der Waals surface area contributed by atoms with Crippen LogP contribution >= 0.6 is 0 Å². The SMILES string of the molecule is CN=C(NCCNC(=O)c1ccc(C)c(F)c1)N1CCCC(C)C1. The average Bonchev–Trinajstić information content (AvgIpc) is 2.57. The number of carbonyl (C=O) groups is 1. The first-order chi connectivity index (χ1) is 11.5. The second-order valence-electron chi connectivity index (χ2n) is 6.39. The number of nitrogens with zero attached hydrogens (tertiary/aromatic N) is 2. The molecule has 6 heteroatoms. The number of benzene rings is 1. The van der Waals surface area contributed by atoms with Crippen molar-refractivity contribution in [3.63, 3.8) is 0 Å². The number of rotatable bonds is 4. The predicted octanol–water partition coefficient (Wildman–Crippen LogP) is 2.17. The van der Waals surface area contributed by atoms with Crippen LogP contribution in [0.5, 0.6) is 0 Å². The minimum absolute atomic E-state index is 0.266. The van der Waals surface area contributed by atoms with Gasteiger partial charge in [0.25, 0.3) is 5.91 Å². The molecule has 1 aliphatic heterocycles. The number of nitrogens with one attached hydrogen (secondary N) is 2. The van der Waals surface area contributed by atoms with Crippen molar-refractivity contribution in [3.05, 3.63) is 35.1 Å². The number of amides is 1. The third kappa shape index (κ3) is 4.94. The molecule has 2 rings (SSSR count). The molecule has 1 atom stereocenters. The lowest BCUT2D eigenvalue weighted by molar-refractivity contribution is 0.0953. The lowest BCUT2D eigenvalue weighted by Gasteiger charge is -2.33. The number of piperidine rings is 1. The van der Waals surface area contributed by atoms with Gasteiger partial charge in [0.15, 0.2) is 5.96 Å². The Balaban J connectivity index is 1.76. The Bertz CT molecular complexity index is 603. The Morgan fingerprint density at radius 3 is 2.79 bits per heavy atom. The first-order valence-electron chi connectivity index (χ1n) is 8.51. The van der Waals surface area contributed by atoms with E-state index in [2.05, 4.69) is 27.4 Å².